The van der Waals surface area contributed by atoms with E-state index in [0.29, 0.717) is 24.2 Å². The van der Waals surface area contributed by atoms with E-state index in [9.17, 15) is 9.18 Å². The summed E-state index contributed by atoms with van der Waals surface area (Å²) in [5, 5.41) is 10.5. The van der Waals surface area contributed by atoms with E-state index in [1.54, 1.807) is 23.0 Å². The standard InChI is InChI=1S/C20H21FN4O2P2S/c1-2-30-25(10-12-3-7-15(28)8-4-12)24-11-14-6-5-13(9-16(14)20(24)26)18-22-23-19(27-18)17(21)29/h3-9,17H,2,10-11,28-29H2,1H3. The summed E-state index contributed by atoms with van der Waals surface area (Å²) in [4.78, 5) is 13.2. The summed E-state index contributed by atoms with van der Waals surface area (Å²) in [5.41, 5.74) is 3.25. The fourth-order valence-electron chi connectivity index (χ4n) is 3.19. The molecule has 156 valence electrons. The van der Waals surface area contributed by atoms with Crippen LogP contribution in [0.5, 0.6) is 0 Å². The van der Waals surface area contributed by atoms with Crippen LogP contribution >= 0.6 is 30.4 Å². The van der Waals surface area contributed by atoms with E-state index in [-0.39, 0.29) is 17.7 Å². The minimum atomic E-state index is -1.42. The third-order valence-electron chi connectivity index (χ3n) is 4.66. The number of amides is 1. The Kier molecular flexibility index (Phi) is 6.49. The van der Waals surface area contributed by atoms with Gasteiger partial charge in [-0.1, -0.05) is 58.4 Å². The molecule has 30 heavy (non-hydrogen) atoms. The molecule has 0 spiro atoms. The number of aromatic nitrogens is 2. The predicted molar refractivity (Wildman–Crippen MR) is 123 cm³/mol. The maximum absolute atomic E-state index is 13.4. The number of carbonyl (C=O) groups excluding carboxylic acids is 1. The molecule has 0 aliphatic carbocycles. The molecule has 10 heteroatoms. The van der Waals surface area contributed by atoms with Crippen LogP contribution in [-0.4, -0.2) is 31.3 Å². The highest BCUT2D eigenvalue weighted by Crippen LogP contribution is 2.33. The van der Waals surface area contributed by atoms with Crippen molar-refractivity contribution in [3.8, 4) is 11.5 Å². The predicted octanol–water partition coefficient (Wildman–Crippen LogP) is 4.12. The van der Waals surface area contributed by atoms with Crippen LogP contribution in [0.2, 0.25) is 0 Å². The van der Waals surface area contributed by atoms with E-state index in [2.05, 4.69) is 38.5 Å². The molecular formula is C20H21FN4O2P2S. The summed E-state index contributed by atoms with van der Waals surface area (Å²) >= 11 is 1.60. The minimum absolute atomic E-state index is 0.0791. The van der Waals surface area contributed by atoms with Crippen molar-refractivity contribution in [3.05, 3.63) is 65.0 Å². The molecule has 1 aliphatic rings. The fourth-order valence-corrected chi connectivity index (χ4v) is 4.33. The molecule has 0 saturated heterocycles. The van der Waals surface area contributed by atoms with Crippen molar-refractivity contribution in [2.75, 3.05) is 5.75 Å². The Morgan fingerprint density at radius 1 is 1.27 bits per heavy atom. The molecule has 2 heterocycles. The van der Waals surface area contributed by atoms with Crippen molar-refractivity contribution in [2.45, 2.75) is 25.9 Å². The molecule has 4 rings (SSSR count). The minimum Gasteiger partial charge on any atom is -0.417 e. The van der Waals surface area contributed by atoms with Crippen LogP contribution in [0, 0.1) is 0 Å². The number of hydrazine groups is 1. The second-order valence-corrected chi connectivity index (χ2v) is 9.26. The SMILES string of the molecule is CCSN(Cc1ccc(P)cc1)N1Cc2ccc(-c3nnc(C(F)P)o3)cc2C1=O. The number of hydrogen-bond donors (Lipinski definition) is 0. The summed E-state index contributed by atoms with van der Waals surface area (Å²) in [6.07, 6.45) is 0. The summed E-state index contributed by atoms with van der Waals surface area (Å²) in [6, 6.07) is 13.6. The second kappa shape index (κ2) is 9.11. The van der Waals surface area contributed by atoms with E-state index >= 15 is 0 Å². The Bertz CT molecular complexity index is 1060. The van der Waals surface area contributed by atoms with Crippen LogP contribution in [0.1, 0.15) is 40.2 Å². The maximum atomic E-state index is 13.4. The lowest BCUT2D eigenvalue weighted by atomic mass is 10.1. The van der Waals surface area contributed by atoms with Gasteiger partial charge in [0.2, 0.25) is 5.89 Å². The van der Waals surface area contributed by atoms with Crippen LogP contribution in [0.3, 0.4) is 0 Å². The first kappa shape index (κ1) is 21.4. The van der Waals surface area contributed by atoms with E-state index in [1.165, 1.54) is 0 Å². The number of hydrogen-bond acceptors (Lipinski definition) is 6. The van der Waals surface area contributed by atoms with E-state index < -0.39 is 5.91 Å². The van der Waals surface area contributed by atoms with Gasteiger partial charge in [0.25, 0.3) is 11.8 Å². The molecule has 2 aromatic carbocycles. The summed E-state index contributed by atoms with van der Waals surface area (Å²) in [6.45, 7) is 3.18. The van der Waals surface area contributed by atoms with Gasteiger partial charge >= 0.3 is 0 Å². The molecular weight excluding hydrogens is 441 g/mol. The molecule has 0 radical (unpaired) electrons. The molecule has 0 N–H and O–H groups in total. The number of halogens is 1. The maximum Gasteiger partial charge on any atom is 0.269 e. The average Bonchev–Trinajstić information content (AvgIpc) is 3.35. The quantitative estimate of drug-likeness (QED) is 0.389. The van der Waals surface area contributed by atoms with Gasteiger partial charge in [0.1, 0.15) is 0 Å². The van der Waals surface area contributed by atoms with Gasteiger partial charge in [-0.25, -0.2) is 4.39 Å². The smallest absolute Gasteiger partial charge is 0.269 e. The zero-order valence-electron chi connectivity index (χ0n) is 16.3. The van der Waals surface area contributed by atoms with Crippen molar-refractivity contribution in [1.29, 1.82) is 0 Å². The molecule has 1 amide bonds. The van der Waals surface area contributed by atoms with Crippen LogP contribution in [0.25, 0.3) is 11.5 Å². The van der Waals surface area contributed by atoms with Gasteiger partial charge in [-0.05, 0) is 28.6 Å². The van der Waals surface area contributed by atoms with Gasteiger partial charge < -0.3 is 4.42 Å². The van der Waals surface area contributed by atoms with E-state index in [0.717, 1.165) is 22.2 Å². The Hall–Kier alpha value is -1.85. The largest absolute Gasteiger partial charge is 0.417 e. The van der Waals surface area contributed by atoms with Crippen molar-refractivity contribution in [2.24, 2.45) is 0 Å². The highest BCUT2D eigenvalue weighted by molar-refractivity contribution is 7.96. The average molecular weight is 462 g/mol. The molecule has 0 fully saturated rings. The molecule has 0 saturated carbocycles. The van der Waals surface area contributed by atoms with Gasteiger partial charge in [0, 0.05) is 16.9 Å². The van der Waals surface area contributed by atoms with Gasteiger partial charge in [0.15, 0.2) is 5.91 Å². The lowest BCUT2D eigenvalue weighted by molar-refractivity contribution is 0.0395. The Balaban J connectivity index is 1.57. The molecule has 3 aromatic rings. The summed E-state index contributed by atoms with van der Waals surface area (Å²) < 4.78 is 20.7. The molecule has 0 bridgehead atoms. The molecule has 1 aliphatic heterocycles. The highest BCUT2D eigenvalue weighted by atomic mass is 32.2. The highest BCUT2D eigenvalue weighted by Gasteiger charge is 2.32. The first-order valence-electron chi connectivity index (χ1n) is 9.39. The molecule has 1 aromatic heterocycles. The second-order valence-electron chi connectivity index (χ2n) is 6.75. The van der Waals surface area contributed by atoms with Gasteiger partial charge in [-0.15, -0.1) is 19.4 Å². The number of nitrogens with zero attached hydrogens (tertiary/aromatic N) is 4. The van der Waals surface area contributed by atoms with Crippen LogP contribution in [0.15, 0.2) is 46.9 Å². The molecule has 3 atom stereocenters. The van der Waals surface area contributed by atoms with Crippen molar-refractivity contribution >= 4 is 41.6 Å². The monoisotopic (exact) mass is 462 g/mol. The third-order valence-corrected chi connectivity index (χ3v) is 6.22. The Labute approximate surface area is 183 Å². The Morgan fingerprint density at radius 3 is 2.70 bits per heavy atom. The van der Waals surface area contributed by atoms with E-state index in [1.807, 2.05) is 37.9 Å². The van der Waals surface area contributed by atoms with E-state index in [4.69, 9.17) is 4.42 Å². The van der Waals surface area contributed by atoms with Crippen LogP contribution < -0.4 is 5.30 Å². The third kappa shape index (κ3) is 4.42. The van der Waals surface area contributed by atoms with Crippen LogP contribution in [-0.2, 0) is 13.1 Å². The summed E-state index contributed by atoms with van der Waals surface area (Å²) in [5.74, 6) is -0.563. The molecule has 3 unspecified atom stereocenters. The normalized spacial score (nSPS) is 14.4. The lowest BCUT2D eigenvalue weighted by Crippen LogP contribution is -2.38. The topological polar surface area (TPSA) is 62.5 Å². The first-order chi connectivity index (χ1) is 14.5. The van der Waals surface area contributed by atoms with Crippen molar-refractivity contribution in [1.82, 2.24) is 19.6 Å². The number of rotatable bonds is 7. The lowest BCUT2D eigenvalue weighted by Gasteiger charge is -2.30. The van der Waals surface area contributed by atoms with Crippen LogP contribution in [0.4, 0.5) is 4.39 Å². The van der Waals surface area contributed by atoms with Crippen molar-refractivity contribution in [3.63, 3.8) is 0 Å². The summed E-state index contributed by atoms with van der Waals surface area (Å²) in [7, 11) is 4.65. The zero-order chi connectivity index (χ0) is 21.3. The number of benzene rings is 2. The first-order valence-corrected chi connectivity index (χ1v) is 11.6. The van der Waals surface area contributed by atoms with Gasteiger partial charge in [0.05, 0.1) is 13.1 Å². The number of carbonyl (C=O) groups is 1. The number of alkyl halides is 1. The molecule has 6 nitrogen and oxygen atoms in total. The number of fused-ring (bicyclic) bond motifs is 1. The van der Waals surface area contributed by atoms with Gasteiger partial charge in [-0.3, -0.25) is 9.80 Å². The fraction of sp³-hybridized carbons (Fsp3) is 0.250. The Morgan fingerprint density at radius 2 is 2.03 bits per heavy atom. The van der Waals surface area contributed by atoms with Gasteiger partial charge in [-0.2, -0.15) is 4.41 Å². The zero-order valence-corrected chi connectivity index (χ0v) is 19.4. The van der Waals surface area contributed by atoms with Crippen molar-refractivity contribution < 1.29 is 13.6 Å².